The minimum Gasteiger partial charge on any atom is -0.493 e. The molecule has 1 aromatic carbocycles. The Balaban J connectivity index is 1.42. The van der Waals surface area contributed by atoms with E-state index in [1.54, 1.807) is 13.2 Å². The molecule has 1 aliphatic heterocycles. The lowest BCUT2D eigenvalue weighted by Crippen LogP contribution is -2.47. The van der Waals surface area contributed by atoms with Gasteiger partial charge in [-0.2, -0.15) is 0 Å². The van der Waals surface area contributed by atoms with Crippen LogP contribution in [-0.4, -0.2) is 53.5 Å². The first-order valence-corrected chi connectivity index (χ1v) is 8.27. The summed E-state index contributed by atoms with van der Waals surface area (Å²) >= 11 is 0. The number of amides is 1. The van der Waals surface area contributed by atoms with Crippen molar-refractivity contribution in [2.75, 3.05) is 32.8 Å². The lowest BCUT2D eigenvalue weighted by molar-refractivity contribution is -0.130. The molecule has 1 amide bonds. The number of aromatic nitrogens is 1. The van der Waals surface area contributed by atoms with Crippen LogP contribution in [0.15, 0.2) is 41.3 Å². The van der Waals surface area contributed by atoms with Crippen LogP contribution in [0.3, 0.4) is 0 Å². The molecule has 2 heterocycles. The molecule has 24 heavy (non-hydrogen) atoms. The van der Waals surface area contributed by atoms with Crippen molar-refractivity contribution in [3.63, 3.8) is 0 Å². The fraction of sp³-hybridized carbons (Fsp3) is 0.444. The highest BCUT2D eigenvalue weighted by Crippen LogP contribution is 2.15. The number of carbonyl (C=O) groups is 1. The number of nitrogens with zero attached hydrogens (tertiary/aromatic N) is 3. The van der Waals surface area contributed by atoms with E-state index in [1.165, 1.54) is 12.0 Å². The highest BCUT2D eigenvalue weighted by molar-refractivity contribution is 5.73. The highest BCUT2D eigenvalue weighted by atomic mass is 16.5. The van der Waals surface area contributed by atoms with E-state index in [4.69, 9.17) is 9.15 Å². The Morgan fingerprint density at radius 2 is 1.96 bits per heavy atom. The maximum absolute atomic E-state index is 11.3. The van der Waals surface area contributed by atoms with Crippen LogP contribution in [0.4, 0.5) is 0 Å². The van der Waals surface area contributed by atoms with Gasteiger partial charge in [0, 0.05) is 46.1 Å². The Labute approximate surface area is 142 Å². The van der Waals surface area contributed by atoms with Crippen molar-refractivity contribution in [1.29, 1.82) is 0 Å². The van der Waals surface area contributed by atoms with Crippen LogP contribution >= 0.6 is 0 Å². The van der Waals surface area contributed by atoms with Gasteiger partial charge in [0.1, 0.15) is 12.0 Å². The van der Waals surface area contributed by atoms with Crippen LogP contribution in [0.5, 0.6) is 5.75 Å². The average Bonchev–Trinajstić information content (AvgIpc) is 3.10. The van der Waals surface area contributed by atoms with Crippen LogP contribution in [0.2, 0.25) is 0 Å². The molecule has 0 unspecified atom stereocenters. The zero-order valence-electron chi connectivity index (χ0n) is 14.0. The molecule has 2 aromatic rings. The summed E-state index contributed by atoms with van der Waals surface area (Å²) in [7, 11) is 0. The van der Waals surface area contributed by atoms with Gasteiger partial charge in [0.05, 0.1) is 12.3 Å². The van der Waals surface area contributed by atoms with Gasteiger partial charge in [-0.3, -0.25) is 9.69 Å². The van der Waals surface area contributed by atoms with E-state index in [2.05, 4.69) is 22.0 Å². The van der Waals surface area contributed by atoms with Gasteiger partial charge in [-0.15, -0.1) is 0 Å². The maximum atomic E-state index is 11.3. The molecule has 0 bridgehead atoms. The third kappa shape index (κ3) is 4.58. The second kappa shape index (κ2) is 7.97. The summed E-state index contributed by atoms with van der Waals surface area (Å²) in [6.07, 6.45) is 3.80. The summed E-state index contributed by atoms with van der Waals surface area (Å²) < 4.78 is 10.7. The monoisotopic (exact) mass is 329 g/mol. The van der Waals surface area contributed by atoms with Crippen molar-refractivity contribution >= 4 is 5.91 Å². The number of benzene rings is 1. The zero-order chi connectivity index (χ0) is 16.8. The molecule has 0 atom stereocenters. The molecule has 6 heteroatoms. The number of rotatable bonds is 6. The fourth-order valence-corrected chi connectivity index (χ4v) is 2.80. The molecular formula is C18H23N3O3. The molecule has 1 saturated heterocycles. The van der Waals surface area contributed by atoms with Gasteiger partial charge < -0.3 is 14.1 Å². The zero-order valence-corrected chi connectivity index (χ0v) is 14.0. The Morgan fingerprint density at radius 3 is 2.58 bits per heavy atom. The highest BCUT2D eigenvalue weighted by Gasteiger charge is 2.18. The molecule has 0 saturated carbocycles. The van der Waals surface area contributed by atoms with E-state index in [0.29, 0.717) is 6.61 Å². The topological polar surface area (TPSA) is 58.8 Å². The van der Waals surface area contributed by atoms with E-state index in [1.807, 2.05) is 17.0 Å². The quantitative estimate of drug-likeness (QED) is 0.811. The van der Waals surface area contributed by atoms with E-state index in [9.17, 15) is 4.79 Å². The summed E-state index contributed by atoms with van der Waals surface area (Å²) in [6.45, 7) is 6.61. The molecule has 128 valence electrons. The SMILES string of the molecule is CC(=O)N1CCN(Cc2ccc(OCCc3cocn3)cc2)CC1. The van der Waals surface area contributed by atoms with Crippen LogP contribution in [0.25, 0.3) is 0 Å². The summed E-state index contributed by atoms with van der Waals surface area (Å²) in [5.41, 5.74) is 2.16. The van der Waals surface area contributed by atoms with E-state index >= 15 is 0 Å². The fourth-order valence-electron chi connectivity index (χ4n) is 2.80. The number of piperazine rings is 1. The average molecular weight is 329 g/mol. The standard InChI is InChI=1S/C18H23N3O3/c1-15(22)21-9-7-20(8-10-21)12-16-2-4-18(5-3-16)24-11-6-17-13-23-14-19-17/h2-5,13-14H,6-12H2,1H3. The van der Waals surface area contributed by atoms with Gasteiger partial charge in [-0.25, -0.2) is 4.98 Å². The van der Waals surface area contributed by atoms with E-state index in [-0.39, 0.29) is 5.91 Å². The second-order valence-corrected chi connectivity index (χ2v) is 6.00. The normalized spacial score (nSPS) is 15.5. The maximum Gasteiger partial charge on any atom is 0.219 e. The van der Waals surface area contributed by atoms with Crippen molar-refractivity contribution in [3.05, 3.63) is 48.2 Å². The van der Waals surface area contributed by atoms with Crippen molar-refractivity contribution in [1.82, 2.24) is 14.8 Å². The predicted molar refractivity (Wildman–Crippen MR) is 89.7 cm³/mol. The van der Waals surface area contributed by atoms with E-state index < -0.39 is 0 Å². The summed E-state index contributed by atoms with van der Waals surface area (Å²) in [4.78, 5) is 19.7. The smallest absolute Gasteiger partial charge is 0.219 e. The van der Waals surface area contributed by atoms with Gasteiger partial charge in [0.25, 0.3) is 0 Å². The molecule has 6 nitrogen and oxygen atoms in total. The number of oxazole rings is 1. The van der Waals surface area contributed by atoms with Crippen LogP contribution < -0.4 is 4.74 Å². The summed E-state index contributed by atoms with van der Waals surface area (Å²) in [5, 5.41) is 0. The van der Waals surface area contributed by atoms with Gasteiger partial charge in [0.15, 0.2) is 6.39 Å². The van der Waals surface area contributed by atoms with Crippen molar-refractivity contribution in [2.45, 2.75) is 19.9 Å². The number of carbonyl (C=O) groups excluding carboxylic acids is 1. The lowest BCUT2D eigenvalue weighted by Gasteiger charge is -2.34. The predicted octanol–water partition coefficient (Wildman–Crippen LogP) is 1.96. The van der Waals surface area contributed by atoms with Crippen LogP contribution in [-0.2, 0) is 17.8 Å². The first-order valence-electron chi connectivity index (χ1n) is 8.27. The Bertz CT molecular complexity index is 632. The molecule has 3 rings (SSSR count). The van der Waals surface area contributed by atoms with Crippen LogP contribution in [0, 0.1) is 0 Å². The minimum absolute atomic E-state index is 0.168. The molecule has 0 spiro atoms. The van der Waals surface area contributed by atoms with Gasteiger partial charge >= 0.3 is 0 Å². The number of hydrogen-bond acceptors (Lipinski definition) is 5. The minimum atomic E-state index is 0.168. The van der Waals surface area contributed by atoms with Gasteiger partial charge in [0.2, 0.25) is 5.91 Å². The number of hydrogen-bond donors (Lipinski definition) is 0. The largest absolute Gasteiger partial charge is 0.493 e. The molecular weight excluding hydrogens is 306 g/mol. The molecule has 0 aliphatic carbocycles. The Kier molecular flexibility index (Phi) is 5.48. The van der Waals surface area contributed by atoms with Gasteiger partial charge in [-0.05, 0) is 17.7 Å². The summed E-state index contributed by atoms with van der Waals surface area (Å²) in [5.74, 6) is 1.03. The Hall–Kier alpha value is -2.34. The molecule has 1 aliphatic rings. The molecule has 0 radical (unpaired) electrons. The van der Waals surface area contributed by atoms with Crippen molar-refractivity contribution < 1.29 is 13.9 Å². The number of ether oxygens (including phenoxy) is 1. The van der Waals surface area contributed by atoms with Crippen molar-refractivity contribution in [3.8, 4) is 5.75 Å². The third-order valence-electron chi connectivity index (χ3n) is 4.26. The van der Waals surface area contributed by atoms with E-state index in [0.717, 1.165) is 50.6 Å². The molecule has 0 N–H and O–H groups in total. The van der Waals surface area contributed by atoms with Crippen molar-refractivity contribution in [2.24, 2.45) is 0 Å². The first-order chi connectivity index (χ1) is 11.7. The summed E-state index contributed by atoms with van der Waals surface area (Å²) in [6, 6.07) is 8.21. The molecule has 1 fully saturated rings. The van der Waals surface area contributed by atoms with Crippen LogP contribution in [0.1, 0.15) is 18.2 Å². The second-order valence-electron chi connectivity index (χ2n) is 6.00. The third-order valence-corrected chi connectivity index (χ3v) is 4.26. The Morgan fingerprint density at radius 1 is 1.21 bits per heavy atom. The first kappa shape index (κ1) is 16.5. The van der Waals surface area contributed by atoms with Gasteiger partial charge in [-0.1, -0.05) is 12.1 Å². The molecule has 1 aromatic heterocycles. The lowest BCUT2D eigenvalue weighted by atomic mass is 10.2.